The molecule has 2 N–H and O–H groups in total. The molecule has 2 heterocycles. The lowest BCUT2D eigenvalue weighted by Crippen LogP contribution is -2.29. The number of H-pyrrole nitrogens is 1. The molecule has 1 aromatic rings. The second-order valence-corrected chi connectivity index (χ2v) is 5.57. The van der Waals surface area contributed by atoms with Crippen LogP contribution in [0.2, 0.25) is 0 Å². The van der Waals surface area contributed by atoms with E-state index in [0.29, 0.717) is 24.7 Å². The number of aryl methyl sites for hydroxylation is 1. The Kier molecular flexibility index (Phi) is 3.00. The number of anilines is 1. The van der Waals surface area contributed by atoms with E-state index in [0.717, 1.165) is 12.2 Å². The third-order valence-corrected chi connectivity index (χ3v) is 3.72. The van der Waals surface area contributed by atoms with E-state index in [-0.39, 0.29) is 17.7 Å². The summed E-state index contributed by atoms with van der Waals surface area (Å²) in [5.74, 6) is 0.932. The molecule has 0 bridgehead atoms. The zero-order valence-electron chi connectivity index (χ0n) is 11.0. The zero-order valence-corrected chi connectivity index (χ0v) is 11.0. The van der Waals surface area contributed by atoms with E-state index < -0.39 is 0 Å². The van der Waals surface area contributed by atoms with Crippen molar-refractivity contribution in [2.45, 2.75) is 26.2 Å². The normalized spacial score (nSPS) is 22.9. The second kappa shape index (κ2) is 4.68. The Balaban J connectivity index is 1.57. The summed E-state index contributed by atoms with van der Waals surface area (Å²) in [6, 6.07) is 1.77. The molecule has 0 aromatic carbocycles. The van der Waals surface area contributed by atoms with Crippen molar-refractivity contribution in [2.75, 3.05) is 18.4 Å². The molecule has 0 spiro atoms. The maximum atomic E-state index is 12.1. The highest BCUT2D eigenvalue weighted by molar-refractivity contribution is 5.96. The van der Waals surface area contributed by atoms with Gasteiger partial charge in [-0.15, -0.1) is 0 Å². The number of hydrogen-bond acceptors (Lipinski definition) is 3. The van der Waals surface area contributed by atoms with Crippen LogP contribution < -0.4 is 5.32 Å². The van der Waals surface area contributed by atoms with Crippen molar-refractivity contribution in [1.82, 2.24) is 15.1 Å². The van der Waals surface area contributed by atoms with Gasteiger partial charge >= 0.3 is 0 Å². The van der Waals surface area contributed by atoms with Crippen LogP contribution in [-0.4, -0.2) is 40.0 Å². The molecule has 6 nitrogen and oxygen atoms in total. The maximum absolute atomic E-state index is 12.1. The van der Waals surface area contributed by atoms with Crippen LogP contribution in [0, 0.1) is 18.8 Å². The predicted molar refractivity (Wildman–Crippen MR) is 69.4 cm³/mol. The van der Waals surface area contributed by atoms with Gasteiger partial charge in [-0.25, -0.2) is 0 Å². The fourth-order valence-corrected chi connectivity index (χ4v) is 2.45. The lowest BCUT2D eigenvalue weighted by Gasteiger charge is -2.15. The number of nitrogens with one attached hydrogen (secondary N) is 2. The molecule has 1 atom stereocenters. The number of amides is 2. The van der Waals surface area contributed by atoms with Crippen molar-refractivity contribution in [3.05, 3.63) is 11.8 Å². The van der Waals surface area contributed by atoms with Crippen LogP contribution in [0.3, 0.4) is 0 Å². The summed E-state index contributed by atoms with van der Waals surface area (Å²) in [4.78, 5) is 25.7. The van der Waals surface area contributed by atoms with E-state index in [9.17, 15) is 9.59 Å². The van der Waals surface area contributed by atoms with Crippen LogP contribution in [0.5, 0.6) is 0 Å². The Bertz CT molecular complexity index is 506. The van der Waals surface area contributed by atoms with Crippen molar-refractivity contribution in [2.24, 2.45) is 11.8 Å². The van der Waals surface area contributed by atoms with E-state index >= 15 is 0 Å². The number of rotatable bonds is 4. The Morgan fingerprint density at radius 2 is 2.37 bits per heavy atom. The molecule has 1 saturated carbocycles. The summed E-state index contributed by atoms with van der Waals surface area (Å²) in [5, 5.41) is 9.50. The first kappa shape index (κ1) is 12.2. The smallest absolute Gasteiger partial charge is 0.230 e. The summed E-state index contributed by atoms with van der Waals surface area (Å²) in [5.41, 5.74) is 0.896. The van der Waals surface area contributed by atoms with Crippen LogP contribution in [-0.2, 0) is 9.59 Å². The molecule has 1 aliphatic heterocycles. The highest BCUT2D eigenvalue weighted by atomic mass is 16.2. The van der Waals surface area contributed by atoms with Gasteiger partial charge in [0, 0.05) is 31.3 Å². The topological polar surface area (TPSA) is 78.1 Å². The van der Waals surface area contributed by atoms with Crippen LogP contribution >= 0.6 is 0 Å². The molecule has 2 aliphatic rings. The minimum absolute atomic E-state index is 0.102. The molecular formula is C13H18N4O2. The Labute approximate surface area is 111 Å². The first-order valence-electron chi connectivity index (χ1n) is 6.72. The summed E-state index contributed by atoms with van der Waals surface area (Å²) in [6.07, 6.45) is 2.75. The van der Waals surface area contributed by atoms with Crippen molar-refractivity contribution < 1.29 is 9.59 Å². The first-order chi connectivity index (χ1) is 9.11. The van der Waals surface area contributed by atoms with E-state index in [1.165, 1.54) is 12.8 Å². The summed E-state index contributed by atoms with van der Waals surface area (Å²) >= 11 is 0. The minimum Gasteiger partial charge on any atom is -0.342 e. The number of aromatic amines is 1. The molecule has 2 amide bonds. The molecule has 1 unspecified atom stereocenters. The summed E-state index contributed by atoms with van der Waals surface area (Å²) in [6.45, 7) is 3.24. The van der Waals surface area contributed by atoms with E-state index in [1.54, 1.807) is 6.07 Å². The fraction of sp³-hybridized carbons (Fsp3) is 0.615. The average molecular weight is 262 g/mol. The van der Waals surface area contributed by atoms with Crippen molar-refractivity contribution in [1.29, 1.82) is 0 Å². The van der Waals surface area contributed by atoms with Gasteiger partial charge in [-0.3, -0.25) is 14.7 Å². The molecule has 1 aromatic heterocycles. The van der Waals surface area contributed by atoms with Gasteiger partial charge in [-0.2, -0.15) is 5.10 Å². The molecule has 1 aliphatic carbocycles. The Morgan fingerprint density at radius 3 is 3.00 bits per heavy atom. The first-order valence-corrected chi connectivity index (χ1v) is 6.72. The fourth-order valence-electron chi connectivity index (χ4n) is 2.45. The van der Waals surface area contributed by atoms with E-state index in [2.05, 4.69) is 15.5 Å². The Hall–Kier alpha value is -1.85. The minimum atomic E-state index is -0.247. The molecule has 19 heavy (non-hydrogen) atoms. The third-order valence-electron chi connectivity index (χ3n) is 3.72. The highest BCUT2D eigenvalue weighted by Crippen LogP contribution is 2.32. The number of hydrogen-bond donors (Lipinski definition) is 2. The van der Waals surface area contributed by atoms with Gasteiger partial charge in [-0.05, 0) is 25.7 Å². The lowest BCUT2D eigenvalue weighted by molar-refractivity contribution is -0.128. The predicted octanol–water partition coefficient (Wildman–Crippen LogP) is 0.915. The van der Waals surface area contributed by atoms with Crippen LogP contribution in [0.25, 0.3) is 0 Å². The quantitative estimate of drug-likeness (QED) is 0.846. The summed E-state index contributed by atoms with van der Waals surface area (Å²) in [7, 11) is 0. The molecule has 6 heteroatoms. The van der Waals surface area contributed by atoms with Gasteiger partial charge in [0.25, 0.3) is 0 Å². The third kappa shape index (κ3) is 2.77. The SMILES string of the molecule is Cc1cc(NC(=O)C2CC(=O)N(CC3CC3)C2)n[nH]1. The monoisotopic (exact) mass is 262 g/mol. The molecule has 102 valence electrons. The average Bonchev–Trinajstić information content (AvgIpc) is 2.97. The number of nitrogens with zero attached hydrogens (tertiary/aromatic N) is 2. The van der Waals surface area contributed by atoms with Crippen molar-refractivity contribution >= 4 is 17.6 Å². The van der Waals surface area contributed by atoms with Crippen molar-refractivity contribution in [3.63, 3.8) is 0 Å². The lowest BCUT2D eigenvalue weighted by atomic mass is 10.1. The maximum Gasteiger partial charge on any atom is 0.230 e. The molecule has 0 radical (unpaired) electrons. The number of carbonyl (C=O) groups is 2. The van der Waals surface area contributed by atoms with E-state index in [4.69, 9.17) is 0 Å². The summed E-state index contributed by atoms with van der Waals surface area (Å²) < 4.78 is 0. The van der Waals surface area contributed by atoms with E-state index in [1.807, 2.05) is 11.8 Å². The standard InChI is InChI=1S/C13H18N4O2/c1-8-4-11(16-15-8)14-13(19)10-5-12(18)17(7-10)6-9-2-3-9/h4,9-10H,2-3,5-7H2,1H3,(H2,14,15,16,19). The number of aromatic nitrogens is 2. The molecule has 2 fully saturated rings. The van der Waals surface area contributed by atoms with Gasteiger partial charge in [0.1, 0.15) is 0 Å². The molecule has 3 rings (SSSR count). The van der Waals surface area contributed by atoms with Crippen LogP contribution in [0.1, 0.15) is 25.0 Å². The number of carbonyl (C=O) groups excluding carboxylic acids is 2. The largest absolute Gasteiger partial charge is 0.342 e. The highest BCUT2D eigenvalue weighted by Gasteiger charge is 2.37. The number of likely N-dealkylation sites (tertiary alicyclic amines) is 1. The Morgan fingerprint density at radius 1 is 1.58 bits per heavy atom. The second-order valence-electron chi connectivity index (χ2n) is 5.57. The van der Waals surface area contributed by atoms with Crippen LogP contribution in [0.4, 0.5) is 5.82 Å². The molecular weight excluding hydrogens is 244 g/mol. The van der Waals surface area contributed by atoms with Gasteiger partial charge in [0.05, 0.1) is 5.92 Å². The van der Waals surface area contributed by atoms with Crippen LogP contribution in [0.15, 0.2) is 6.07 Å². The van der Waals surface area contributed by atoms with Gasteiger partial charge < -0.3 is 10.2 Å². The zero-order chi connectivity index (χ0) is 13.4. The van der Waals surface area contributed by atoms with Gasteiger partial charge in [0.2, 0.25) is 11.8 Å². The van der Waals surface area contributed by atoms with Gasteiger partial charge in [-0.1, -0.05) is 0 Å². The molecule has 1 saturated heterocycles. The van der Waals surface area contributed by atoms with Gasteiger partial charge in [0.15, 0.2) is 5.82 Å². The van der Waals surface area contributed by atoms with Crippen molar-refractivity contribution in [3.8, 4) is 0 Å².